The van der Waals surface area contributed by atoms with Gasteiger partial charge >= 0.3 is 0 Å². The van der Waals surface area contributed by atoms with Crippen molar-refractivity contribution in [1.82, 2.24) is 0 Å². The van der Waals surface area contributed by atoms with Crippen molar-refractivity contribution in [3.8, 4) is 5.75 Å². The number of hydrogen-bond acceptors (Lipinski definition) is 4. The fraction of sp³-hybridized carbons (Fsp3) is 0.182. The molecular weight excluding hydrogens is 372 g/mol. The zero-order chi connectivity index (χ0) is 19.6. The smallest absolute Gasteiger partial charge is 0.261 e. The van der Waals surface area contributed by atoms with Crippen LogP contribution in [0.3, 0.4) is 0 Å². The van der Waals surface area contributed by atoms with E-state index in [2.05, 4.69) is 33.9 Å². The molecule has 0 bridgehead atoms. The lowest BCUT2D eigenvalue weighted by Gasteiger charge is -2.30. The van der Waals surface area contributed by atoms with E-state index in [1.807, 2.05) is 12.1 Å². The molecule has 1 aliphatic heterocycles. The molecule has 0 spiro atoms. The Morgan fingerprint density at radius 3 is 2.25 bits per heavy atom. The first-order chi connectivity index (χ1) is 13.5. The molecule has 0 unspecified atom stereocenters. The number of methoxy groups -OCH3 is 1. The van der Waals surface area contributed by atoms with E-state index in [1.165, 1.54) is 23.3 Å². The highest BCUT2D eigenvalue weighted by molar-refractivity contribution is 7.92. The van der Waals surface area contributed by atoms with Crippen LogP contribution in [0.2, 0.25) is 0 Å². The molecule has 0 radical (unpaired) electrons. The summed E-state index contributed by atoms with van der Waals surface area (Å²) in [7, 11) is -2.09. The van der Waals surface area contributed by atoms with Gasteiger partial charge in [-0.3, -0.25) is 4.72 Å². The highest BCUT2D eigenvalue weighted by Gasteiger charge is 2.17. The molecule has 28 heavy (non-hydrogen) atoms. The second-order valence-corrected chi connectivity index (χ2v) is 8.45. The minimum atomic E-state index is -3.64. The summed E-state index contributed by atoms with van der Waals surface area (Å²) in [6.45, 7) is 1.82. The molecule has 6 heteroatoms. The zero-order valence-electron chi connectivity index (χ0n) is 15.6. The average molecular weight is 394 g/mol. The molecule has 1 aliphatic rings. The van der Waals surface area contributed by atoms with E-state index in [1.54, 1.807) is 31.4 Å². The van der Waals surface area contributed by atoms with Gasteiger partial charge in [-0.15, -0.1) is 0 Å². The number of sulfonamides is 1. The van der Waals surface area contributed by atoms with Gasteiger partial charge in [0.1, 0.15) is 5.75 Å². The fourth-order valence-corrected chi connectivity index (χ4v) is 4.48. The van der Waals surface area contributed by atoms with E-state index < -0.39 is 10.0 Å². The molecule has 4 rings (SSSR count). The van der Waals surface area contributed by atoms with Crippen molar-refractivity contribution >= 4 is 21.4 Å². The molecule has 0 saturated heterocycles. The quantitative estimate of drug-likeness (QED) is 0.709. The van der Waals surface area contributed by atoms with Crippen molar-refractivity contribution in [2.24, 2.45) is 0 Å². The molecule has 144 valence electrons. The van der Waals surface area contributed by atoms with Gasteiger partial charge in [-0.1, -0.05) is 24.3 Å². The second-order valence-electron chi connectivity index (χ2n) is 6.77. The standard InChI is InChI=1S/C22H22N2O3S/c1-27-21-10-12-22(13-11-21)28(25,26)23-19-6-8-20(9-7-19)24-15-14-17-4-2-3-5-18(17)16-24/h2-13,23H,14-16H2,1H3. The summed E-state index contributed by atoms with van der Waals surface area (Å²) < 4.78 is 32.8. The number of anilines is 2. The van der Waals surface area contributed by atoms with Crippen LogP contribution in [0, 0.1) is 0 Å². The number of ether oxygens (including phenoxy) is 1. The molecule has 1 N–H and O–H groups in total. The molecule has 0 aliphatic carbocycles. The van der Waals surface area contributed by atoms with Gasteiger partial charge in [-0.05, 0) is 66.1 Å². The van der Waals surface area contributed by atoms with Crippen molar-refractivity contribution in [1.29, 1.82) is 0 Å². The van der Waals surface area contributed by atoms with E-state index in [-0.39, 0.29) is 4.90 Å². The van der Waals surface area contributed by atoms with Gasteiger partial charge in [-0.2, -0.15) is 0 Å². The average Bonchev–Trinajstić information content (AvgIpc) is 2.74. The Morgan fingerprint density at radius 1 is 0.893 bits per heavy atom. The highest BCUT2D eigenvalue weighted by Crippen LogP contribution is 2.26. The van der Waals surface area contributed by atoms with E-state index in [9.17, 15) is 8.42 Å². The fourth-order valence-electron chi connectivity index (χ4n) is 3.43. The first-order valence-corrected chi connectivity index (χ1v) is 10.6. The van der Waals surface area contributed by atoms with Gasteiger partial charge in [0.2, 0.25) is 0 Å². The number of nitrogens with one attached hydrogen (secondary N) is 1. The molecule has 3 aromatic carbocycles. The maximum absolute atomic E-state index is 12.6. The van der Waals surface area contributed by atoms with Gasteiger partial charge in [0.15, 0.2) is 0 Å². The van der Waals surface area contributed by atoms with Crippen LogP contribution < -0.4 is 14.4 Å². The minimum Gasteiger partial charge on any atom is -0.497 e. The summed E-state index contributed by atoms with van der Waals surface area (Å²) in [5.74, 6) is 0.617. The summed E-state index contributed by atoms with van der Waals surface area (Å²) in [6, 6.07) is 22.3. The number of rotatable bonds is 5. The topological polar surface area (TPSA) is 58.6 Å². The second kappa shape index (κ2) is 7.56. The van der Waals surface area contributed by atoms with Gasteiger partial charge in [-0.25, -0.2) is 8.42 Å². The van der Waals surface area contributed by atoms with Crippen molar-refractivity contribution in [3.05, 3.63) is 83.9 Å². The largest absolute Gasteiger partial charge is 0.497 e. The maximum atomic E-state index is 12.6. The first kappa shape index (κ1) is 18.4. The summed E-state index contributed by atoms with van der Waals surface area (Å²) in [5, 5.41) is 0. The van der Waals surface area contributed by atoms with Gasteiger partial charge in [0.25, 0.3) is 10.0 Å². The Morgan fingerprint density at radius 2 is 1.57 bits per heavy atom. The third-order valence-electron chi connectivity index (χ3n) is 4.99. The number of benzene rings is 3. The van der Waals surface area contributed by atoms with Crippen LogP contribution in [-0.2, 0) is 23.0 Å². The number of fused-ring (bicyclic) bond motifs is 1. The molecule has 0 aromatic heterocycles. The highest BCUT2D eigenvalue weighted by atomic mass is 32.2. The summed E-state index contributed by atoms with van der Waals surface area (Å²) in [4.78, 5) is 2.51. The minimum absolute atomic E-state index is 0.199. The third kappa shape index (κ3) is 3.82. The van der Waals surface area contributed by atoms with E-state index in [0.29, 0.717) is 11.4 Å². The van der Waals surface area contributed by atoms with Crippen LogP contribution in [0.25, 0.3) is 0 Å². The molecule has 1 heterocycles. The van der Waals surface area contributed by atoms with E-state index >= 15 is 0 Å². The van der Waals surface area contributed by atoms with Crippen molar-refractivity contribution in [2.75, 3.05) is 23.3 Å². The van der Waals surface area contributed by atoms with Gasteiger partial charge < -0.3 is 9.64 Å². The monoisotopic (exact) mass is 394 g/mol. The van der Waals surface area contributed by atoms with Crippen LogP contribution >= 0.6 is 0 Å². The van der Waals surface area contributed by atoms with E-state index in [4.69, 9.17) is 4.74 Å². The Balaban J connectivity index is 1.47. The van der Waals surface area contributed by atoms with Crippen molar-refractivity contribution in [2.45, 2.75) is 17.9 Å². The maximum Gasteiger partial charge on any atom is 0.261 e. The molecule has 3 aromatic rings. The zero-order valence-corrected chi connectivity index (χ0v) is 16.4. The molecule has 0 fully saturated rings. The summed E-state index contributed by atoms with van der Waals surface area (Å²) in [6.07, 6.45) is 1.02. The Hall–Kier alpha value is -2.99. The first-order valence-electron chi connectivity index (χ1n) is 9.14. The molecule has 0 saturated carbocycles. The van der Waals surface area contributed by atoms with Crippen LogP contribution in [-0.4, -0.2) is 22.1 Å². The number of nitrogens with zero attached hydrogens (tertiary/aromatic N) is 1. The Labute approximate surface area is 165 Å². The van der Waals surface area contributed by atoms with Gasteiger partial charge in [0.05, 0.1) is 12.0 Å². The van der Waals surface area contributed by atoms with Crippen molar-refractivity contribution in [3.63, 3.8) is 0 Å². The lowest BCUT2D eigenvalue weighted by atomic mass is 9.99. The molecule has 5 nitrogen and oxygen atoms in total. The van der Waals surface area contributed by atoms with Crippen LogP contribution in [0.4, 0.5) is 11.4 Å². The Kier molecular flexibility index (Phi) is 4.96. The van der Waals surface area contributed by atoms with E-state index in [0.717, 1.165) is 25.2 Å². The third-order valence-corrected chi connectivity index (χ3v) is 6.38. The summed E-state index contributed by atoms with van der Waals surface area (Å²) >= 11 is 0. The normalized spacial score (nSPS) is 13.7. The number of hydrogen-bond donors (Lipinski definition) is 1. The lowest BCUT2D eigenvalue weighted by Crippen LogP contribution is -2.30. The summed E-state index contributed by atoms with van der Waals surface area (Å²) in [5.41, 5.74) is 4.37. The molecule has 0 atom stereocenters. The lowest BCUT2D eigenvalue weighted by molar-refractivity contribution is 0.414. The molecular formula is C22H22N2O3S. The predicted octanol–water partition coefficient (Wildman–Crippen LogP) is 4.06. The van der Waals surface area contributed by atoms with Crippen LogP contribution in [0.5, 0.6) is 5.75 Å². The van der Waals surface area contributed by atoms with Crippen LogP contribution in [0.15, 0.2) is 77.7 Å². The predicted molar refractivity (Wildman–Crippen MR) is 111 cm³/mol. The van der Waals surface area contributed by atoms with Gasteiger partial charge in [0, 0.05) is 24.5 Å². The van der Waals surface area contributed by atoms with Crippen molar-refractivity contribution < 1.29 is 13.2 Å². The van der Waals surface area contributed by atoms with Crippen LogP contribution in [0.1, 0.15) is 11.1 Å². The Bertz CT molecular complexity index is 1060. The SMILES string of the molecule is COc1ccc(S(=O)(=O)Nc2ccc(N3CCc4ccccc4C3)cc2)cc1. The molecule has 0 amide bonds.